The molecule has 0 saturated heterocycles. The van der Waals surface area contributed by atoms with Gasteiger partial charge in [-0.2, -0.15) is 0 Å². The maximum Gasteiger partial charge on any atom is 0.408 e. The molecule has 0 aliphatic carbocycles. The van der Waals surface area contributed by atoms with E-state index in [1.807, 2.05) is 36.4 Å². The molecule has 0 saturated carbocycles. The van der Waals surface area contributed by atoms with E-state index in [4.69, 9.17) is 13.9 Å². The molecule has 0 fully saturated rings. The number of amides is 1. The smallest absolute Gasteiger partial charge is 0.408 e. The summed E-state index contributed by atoms with van der Waals surface area (Å²) in [6.07, 6.45) is 5.54. The van der Waals surface area contributed by atoms with Crippen molar-refractivity contribution >= 4 is 20.4 Å². The fraction of sp³-hybridized carbons (Fsp3) is 0.565. The van der Waals surface area contributed by atoms with Gasteiger partial charge in [-0.15, -0.1) is 0 Å². The minimum atomic E-state index is -1.70. The number of carbonyl (C=O) groups excluding carboxylic acids is 2. The Morgan fingerprint density at radius 3 is 2.40 bits per heavy atom. The number of hydrogen-bond donors (Lipinski definition) is 1. The molecule has 1 amide bonds. The van der Waals surface area contributed by atoms with E-state index in [1.165, 1.54) is 7.11 Å². The summed E-state index contributed by atoms with van der Waals surface area (Å²) in [5, 5.41) is 2.74. The third-order valence-corrected chi connectivity index (χ3v) is 9.84. The topological polar surface area (TPSA) is 73.9 Å². The molecule has 1 rings (SSSR count). The Balaban J connectivity index is 2.38. The van der Waals surface area contributed by atoms with E-state index < -0.39 is 26.4 Å². The molecular formula is C23H37NO5Si. The van der Waals surface area contributed by atoms with Crippen molar-refractivity contribution in [3.8, 4) is 0 Å². The van der Waals surface area contributed by atoms with Crippen LogP contribution in [0.2, 0.25) is 18.1 Å². The summed E-state index contributed by atoms with van der Waals surface area (Å²) < 4.78 is 16.1. The number of allylic oxidation sites excluding steroid dienone is 1. The lowest BCUT2D eigenvalue weighted by molar-refractivity contribution is -0.141. The fourth-order valence-electron chi connectivity index (χ4n) is 2.34. The second-order valence-electron chi connectivity index (χ2n) is 8.74. The number of unbranched alkanes of at least 4 members (excludes halogenated alkanes) is 2. The average Bonchev–Trinajstić information content (AvgIpc) is 2.69. The van der Waals surface area contributed by atoms with Gasteiger partial charge >= 0.3 is 12.1 Å². The zero-order valence-corrected chi connectivity index (χ0v) is 20.2. The van der Waals surface area contributed by atoms with Crippen LogP contribution in [0.3, 0.4) is 0 Å². The highest BCUT2D eigenvalue weighted by atomic mass is 28.4. The zero-order valence-electron chi connectivity index (χ0n) is 19.2. The quantitative estimate of drug-likeness (QED) is 0.224. The van der Waals surface area contributed by atoms with Gasteiger partial charge in [0, 0.05) is 6.61 Å². The van der Waals surface area contributed by atoms with Crippen LogP contribution in [0.15, 0.2) is 42.5 Å². The van der Waals surface area contributed by atoms with Crippen LogP contribution in [0.4, 0.5) is 4.79 Å². The lowest BCUT2D eigenvalue weighted by Gasteiger charge is -2.36. The molecule has 1 atom stereocenters. The summed E-state index contributed by atoms with van der Waals surface area (Å²) >= 11 is 0. The van der Waals surface area contributed by atoms with Gasteiger partial charge in [0.2, 0.25) is 0 Å². The number of hydrogen-bond acceptors (Lipinski definition) is 5. The molecule has 30 heavy (non-hydrogen) atoms. The maximum atomic E-state index is 12.0. The second-order valence-corrected chi connectivity index (χ2v) is 13.5. The van der Waals surface area contributed by atoms with E-state index >= 15 is 0 Å². The Kier molecular flexibility index (Phi) is 10.8. The van der Waals surface area contributed by atoms with Gasteiger partial charge in [0.1, 0.15) is 12.6 Å². The molecule has 0 radical (unpaired) electrons. The zero-order chi connectivity index (χ0) is 22.6. The molecule has 0 heterocycles. The SMILES string of the molecule is COC(=O)C(/C=C/CCCCO[Si](C)(C)C(C)(C)C)NC(=O)OCc1ccccc1. The molecule has 0 spiro atoms. The van der Waals surface area contributed by atoms with E-state index in [-0.39, 0.29) is 11.6 Å². The van der Waals surface area contributed by atoms with Crippen molar-refractivity contribution in [3.05, 3.63) is 48.0 Å². The van der Waals surface area contributed by atoms with Gasteiger partial charge in [-0.3, -0.25) is 0 Å². The maximum absolute atomic E-state index is 12.0. The van der Waals surface area contributed by atoms with Crippen LogP contribution in [0.5, 0.6) is 0 Å². The second kappa shape index (κ2) is 12.5. The molecule has 1 aromatic carbocycles. The number of methoxy groups -OCH3 is 1. The molecule has 0 aliphatic heterocycles. The highest BCUT2D eigenvalue weighted by Gasteiger charge is 2.36. The van der Waals surface area contributed by atoms with Gasteiger partial charge in [0.05, 0.1) is 7.11 Å². The van der Waals surface area contributed by atoms with Crippen molar-refractivity contribution in [1.29, 1.82) is 0 Å². The van der Waals surface area contributed by atoms with E-state index in [9.17, 15) is 9.59 Å². The monoisotopic (exact) mass is 435 g/mol. The molecule has 0 aliphatic rings. The van der Waals surface area contributed by atoms with E-state index in [2.05, 4.69) is 39.2 Å². The minimum Gasteiger partial charge on any atom is -0.467 e. The summed E-state index contributed by atoms with van der Waals surface area (Å²) in [5.74, 6) is -0.538. The predicted octanol–water partition coefficient (Wildman–Crippen LogP) is 5.20. The van der Waals surface area contributed by atoms with Crippen molar-refractivity contribution in [2.75, 3.05) is 13.7 Å². The Bertz CT molecular complexity index is 683. The molecule has 6 nitrogen and oxygen atoms in total. The number of alkyl carbamates (subject to hydrolysis) is 1. The number of nitrogens with one attached hydrogen (secondary N) is 1. The molecule has 168 valence electrons. The van der Waals surface area contributed by atoms with Crippen LogP contribution in [0.25, 0.3) is 0 Å². The predicted molar refractivity (Wildman–Crippen MR) is 122 cm³/mol. The van der Waals surface area contributed by atoms with E-state index in [0.717, 1.165) is 31.4 Å². The van der Waals surface area contributed by atoms with Crippen LogP contribution < -0.4 is 5.32 Å². The van der Waals surface area contributed by atoms with Gasteiger partial charge in [-0.1, -0.05) is 63.3 Å². The Labute approximate surface area is 182 Å². The molecule has 1 N–H and O–H groups in total. The van der Waals surface area contributed by atoms with Crippen molar-refractivity contribution in [2.45, 2.75) is 70.8 Å². The van der Waals surface area contributed by atoms with Crippen LogP contribution >= 0.6 is 0 Å². The Morgan fingerprint density at radius 2 is 1.80 bits per heavy atom. The lowest BCUT2D eigenvalue weighted by atomic mass is 10.2. The number of esters is 1. The van der Waals surface area contributed by atoms with Gasteiger partial charge in [-0.05, 0) is 43.0 Å². The molecule has 7 heteroatoms. The largest absolute Gasteiger partial charge is 0.467 e. The van der Waals surface area contributed by atoms with E-state index in [0.29, 0.717) is 0 Å². The van der Waals surface area contributed by atoms with Crippen LogP contribution in [-0.2, 0) is 25.3 Å². The summed E-state index contributed by atoms with van der Waals surface area (Å²) in [6.45, 7) is 12.1. The van der Waals surface area contributed by atoms with Gasteiger partial charge < -0.3 is 19.2 Å². The number of ether oxygens (including phenoxy) is 2. The van der Waals surface area contributed by atoms with Gasteiger partial charge in [0.15, 0.2) is 8.32 Å². The minimum absolute atomic E-state index is 0.137. The lowest BCUT2D eigenvalue weighted by Crippen LogP contribution is -2.40. The molecular weight excluding hydrogens is 398 g/mol. The molecule has 0 aromatic heterocycles. The summed E-state index contributed by atoms with van der Waals surface area (Å²) in [7, 11) is -0.413. The Hall–Kier alpha value is -2.12. The Morgan fingerprint density at radius 1 is 1.13 bits per heavy atom. The molecule has 1 aromatic rings. The van der Waals surface area contributed by atoms with Crippen LogP contribution in [0, 0.1) is 0 Å². The number of rotatable bonds is 11. The molecule has 1 unspecified atom stereocenters. The summed E-state index contributed by atoms with van der Waals surface area (Å²) in [6, 6.07) is 8.48. The third kappa shape index (κ3) is 9.58. The van der Waals surface area contributed by atoms with E-state index in [1.54, 1.807) is 6.08 Å². The number of carbonyl (C=O) groups is 2. The number of benzene rings is 1. The van der Waals surface area contributed by atoms with Crippen LogP contribution in [0.1, 0.15) is 45.6 Å². The highest BCUT2D eigenvalue weighted by molar-refractivity contribution is 6.74. The van der Waals surface area contributed by atoms with Crippen molar-refractivity contribution < 1.29 is 23.5 Å². The fourth-order valence-corrected chi connectivity index (χ4v) is 3.43. The first-order chi connectivity index (χ1) is 14.1. The standard InChI is InChI=1S/C23H37NO5Si/c1-23(2,3)30(5,6)29-17-13-8-7-12-16-20(21(25)27-4)24-22(26)28-18-19-14-10-9-11-15-19/h9-12,14-16,20H,7-8,13,17-18H2,1-6H3,(H,24,26)/b16-12+. The summed E-state index contributed by atoms with van der Waals surface area (Å²) in [4.78, 5) is 23.9. The first-order valence-corrected chi connectivity index (χ1v) is 13.3. The first kappa shape index (κ1) is 25.9. The van der Waals surface area contributed by atoms with Crippen molar-refractivity contribution in [3.63, 3.8) is 0 Å². The van der Waals surface area contributed by atoms with Gasteiger partial charge in [0.25, 0.3) is 0 Å². The third-order valence-electron chi connectivity index (χ3n) is 5.30. The summed E-state index contributed by atoms with van der Waals surface area (Å²) in [5.41, 5.74) is 0.873. The van der Waals surface area contributed by atoms with Crippen LogP contribution in [-0.4, -0.2) is 40.1 Å². The normalized spacial score (nSPS) is 13.1. The van der Waals surface area contributed by atoms with Crippen molar-refractivity contribution in [1.82, 2.24) is 5.32 Å². The highest BCUT2D eigenvalue weighted by Crippen LogP contribution is 2.36. The molecule has 0 bridgehead atoms. The van der Waals surface area contributed by atoms with Gasteiger partial charge in [-0.25, -0.2) is 9.59 Å². The average molecular weight is 436 g/mol. The van der Waals surface area contributed by atoms with Crippen molar-refractivity contribution in [2.24, 2.45) is 0 Å². The first-order valence-electron chi connectivity index (χ1n) is 10.4.